The molecule has 158 valence electrons. The molecule has 2 aromatic carbocycles. The SMILES string of the molecule is CCCCOCc1ccc(C(=O)n2c(C)c(CC(=O)O)c3cc(OC)ccc32)cc1. The Morgan fingerprint density at radius 3 is 2.47 bits per heavy atom. The molecule has 0 bridgehead atoms. The van der Waals surface area contributed by atoms with Crippen LogP contribution in [0.3, 0.4) is 0 Å². The third-order valence-electron chi connectivity index (χ3n) is 5.18. The Labute approximate surface area is 176 Å². The lowest BCUT2D eigenvalue weighted by atomic mass is 10.1. The van der Waals surface area contributed by atoms with Gasteiger partial charge in [0.25, 0.3) is 5.91 Å². The first-order valence-electron chi connectivity index (χ1n) is 10.1. The second kappa shape index (κ2) is 9.59. The van der Waals surface area contributed by atoms with E-state index in [2.05, 4.69) is 6.92 Å². The van der Waals surface area contributed by atoms with Gasteiger partial charge in [-0.15, -0.1) is 0 Å². The van der Waals surface area contributed by atoms with Crippen LogP contribution < -0.4 is 4.74 Å². The molecule has 6 heteroatoms. The van der Waals surface area contributed by atoms with Crippen LogP contribution in [-0.2, 0) is 22.6 Å². The van der Waals surface area contributed by atoms with Gasteiger partial charge < -0.3 is 14.6 Å². The van der Waals surface area contributed by atoms with E-state index in [1.807, 2.05) is 12.1 Å². The van der Waals surface area contributed by atoms with Crippen molar-refractivity contribution in [3.05, 3.63) is 64.8 Å². The molecule has 0 aliphatic heterocycles. The molecule has 1 aromatic heterocycles. The Bertz CT molecular complexity index is 1050. The highest BCUT2D eigenvalue weighted by molar-refractivity contribution is 6.04. The second-order valence-corrected chi connectivity index (χ2v) is 7.26. The van der Waals surface area contributed by atoms with E-state index in [9.17, 15) is 14.7 Å². The largest absolute Gasteiger partial charge is 0.497 e. The predicted octanol–water partition coefficient (Wildman–Crippen LogP) is 4.59. The molecule has 0 saturated carbocycles. The van der Waals surface area contributed by atoms with E-state index < -0.39 is 5.97 Å². The first-order chi connectivity index (χ1) is 14.5. The van der Waals surface area contributed by atoms with Gasteiger partial charge in [-0.1, -0.05) is 25.5 Å². The van der Waals surface area contributed by atoms with Gasteiger partial charge >= 0.3 is 5.97 Å². The second-order valence-electron chi connectivity index (χ2n) is 7.26. The summed E-state index contributed by atoms with van der Waals surface area (Å²) in [6.45, 7) is 5.14. The number of methoxy groups -OCH3 is 1. The van der Waals surface area contributed by atoms with E-state index in [4.69, 9.17) is 9.47 Å². The summed E-state index contributed by atoms with van der Waals surface area (Å²) >= 11 is 0. The third-order valence-corrected chi connectivity index (χ3v) is 5.18. The van der Waals surface area contributed by atoms with Crippen LogP contribution in [0.2, 0.25) is 0 Å². The molecule has 0 fully saturated rings. The minimum absolute atomic E-state index is 0.163. The van der Waals surface area contributed by atoms with Crippen molar-refractivity contribution in [1.82, 2.24) is 4.57 Å². The van der Waals surface area contributed by atoms with Crippen molar-refractivity contribution in [2.24, 2.45) is 0 Å². The van der Waals surface area contributed by atoms with Crippen molar-refractivity contribution in [1.29, 1.82) is 0 Å². The number of rotatable bonds is 9. The summed E-state index contributed by atoms with van der Waals surface area (Å²) in [7, 11) is 1.56. The Kier molecular flexibility index (Phi) is 6.90. The molecule has 0 unspecified atom stereocenters. The van der Waals surface area contributed by atoms with E-state index in [-0.39, 0.29) is 12.3 Å². The molecule has 0 saturated heterocycles. The summed E-state index contributed by atoms with van der Waals surface area (Å²) < 4.78 is 12.5. The van der Waals surface area contributed by atoms with Crippen LogP contribution in [-0.4, -0.2) is 35.3 Å². The van der Waals surface area contributed by atoms with Crippen LogP contribution in [0.1, 0.15) is 46.9 Å². The number of hydrogen-bond donors (Lipinski definition) is 1. The summed E-state index contributed by atoms with van der Waals surface area (Å²) in [5, 5.41) is 10.1. The number of carboxylic acids is 1. The molecule has 0 amide bonds. The zero-order valence-electron chi connectivity index (χ0n) is 17.6. The molecule has 0 aliphatic carbocycles. The lowest BCUT2D eigenvalue weighted by Crippen LogP contribution is -2.14. The average Bonchev–Trinajstić information content (AvgIpc) is 3.01. The van der Waals surface area contributed by atoms with Crippen molar-refractivity contribution >= 4 is 22.8 Å². The fourth-order valence-corrected chi connectivity index (χ4v) is 3.53. The first-order valence-corrected chi connectivity index (χ1v) is 10.1. The highest BCUT2D eigenvalue weighted by Crippen LogP contribution is 2.30. The summed E-state index contributed by atoms with van der Waals surface area (Å²) in [6.07, 6.45) is 1.96. The Hall–Kier alpha value is -3.12. The van der Waals surface area contributed by atoms with Crippen LogP contribution in [0.5, 0.6) is 5.75 Å². The summed E-state index contributed by atoms with van der Waals surface area (Å²) in [6, 6.07) is 12.7. The van der Waals surface area contributed by atoms with Gasteiger partial charge in [0.1, 0.15) is 5.75 Å². The number of ether oxygens (including phenoxy) is 2. The lowest BCUT2D eigenvalue weighted by molar-refractivity contribution is -0.136. The van der Waals surface area contributed by atoms with Crippen LogP contribution in [0.25, 0.3) is 10.9 Å². The quantitative estimate of drug-likeness (QED) is 0.523. The smallest absolute Gasteiger partial charge is 0.307 e. The standard InChI is InChI=1S/C24H27NO5/c1-4-5-12-30-15-17-6-8-18(9-7-17)24(28)25-16(2)20(14-23(26)27)21-13-19(29-3)10-11-22(21)25/h6-11,13H,4-5,12,14-15H2,1-3H3,(H,26,27). The zero-order valence-corrected chi connectivity index (χ0v) is 17.6. The van der Waals surface area contributed by atoms with E-state index in [1.54, 1.807) is 48.9 Å². The maximum absolute atomic E-state index is 13.3. The molecule has 1 heterocycles. The molecule has 30 heavy (non-hydrogen) atoms. The summed E-state index contributed by atoms with van der Waals surface area (Å²) in [4.78, 5) is 24.7. The molecule has 3 rings (SSSR count). The maximum Gasteiger partial charge on any atom is 0.307 e. The van der Waals surface area contributed by atoms with Crippen LogP contribution in [0.4, 0.5) is 0 Å². The van der Waals surface area contributed by atoms with Gasteiger partial charge in [-0.3, -0.25) is 14.2 Å². The van der Waals surface area contributed by atoms with Crippen LogP contribution >= 0.6 is 0 Å². The van der Waals surface area contributed by atoms with Crippen molar-refractivity contribution < 1.29 is 24.2 Å². The number of fused-ring (bicyclic) bond motifs is 1. The topological polar surface area (TPSA) is 77.8 Å². The number of carboxylic acid groups (broad SMARTS) is 1. The highest BCUT2D eigenvalue weighted by Gasteiger charge is 2.21. The van der Waals surface area contributed by atoms with Gasteiger partial charge in [-0.05, 0) is 54.8 Å². The minimum Gasteiger partial charge on any atom is -0.497 e. The number of carbonyl (C=O) groups is 2. The molecule has 0 spiro atoms. The van der Waals surface area contributed by atoms with Gasteiger partial charge in [-0.2, -0.15) is 0 Å². The third kappa shape index (κ3) is 4.54. The van der Waals surface area contributed by atoms with E-state index in [0.29, 0.717) is 40.1 Å². The Morgan fingerprint density at radius 1 is 1.10 bits per heavy atom. The fourth-order valence-electron chi connectivity index (χ4n) is 3.53. The van der Waals surface area contributed by atoms with Crippen LogP contribution in [0, 0.1) is 6.92 Å². The van der Waals surface area contributed by atoms with E-state index in [0.717, 1.165) is 25.0 Å². The number of aromatic nitrogens is 1. The molecule has 1 N–H and O–H groups in total. The molecule has 6 nitrogen and oxygen atoms in total. The number of hydrogen-bond acceptors (Lipinski definition) is 4. The number of nitrogens with zero attached hydrogens (tertiary/aromatic N) is 1. The summed E-state index contributed by atoms with van der Waals surface area (Å²) in [5.74, 6) is -0.524. The molecule has 3 aromatic rings. The minimum atomic E-state index is -0.945. The van der Waals surface area contributed by atoms with Crippen molar-refractivity contribution in [3.8, 4) is 5.75 Å². The highest BCUT2D eigenvalue weighted by atomic mass is 16.5. The normalized spacial score (nSPS) is 11.0. The van der Waals surface area contributed by atoms with E-state index in [1.165, 1.54) is 0 Å². The molecule has 0 atom stereocenters. The Morgan fingerprint density at radius 2 is 1.83 bits per heavy atom. The lowest BCUT2D eigenvalue weighted by Gasteiger charge is -2.09. The summed E-state index contributed by atoms with van der Waals surface area (Å²) in [5.41, 5.74) is 3.45. The van der Waals surface area contributed by atoms with Gasteiger partial charge in [0.05, 0.1) is 25.7 Å². The first kappa shape index (κ1) is 21.6. The Balaban J connectivity index is 1.94. The van der Waals surface area contributed by atoms with E-state index >= 15 is 0 Å². The van der Waals surface area contributed by atoms with Gasteiger partial charge in [0, 0.05) is 23.3 Å². The van der Waals surface area contributed by atoms with Crippen LogP contribution in [0.15, 0.2) is 42.5 Å². The number of benzene rings is 2. The number of carbonyl (C=O) groups excluding carboxylic acids is 1. The average molecular weight is 409 g/mol. The molecular weight excluding hydrogens is 382 g/mol. The zero-order chi connectivity index (χ0) is 21.7. The molecule has 0 radical (unpaired) electrons. The molecule has 0 aliphatic rings. The molecular formula is C24H27NO5. The predicted molar refractivity (Wildman–Crippen MR) is 115 cm³/mol. The fraction of sp³-hybridized carbons (Fsp3) is 0.333. The maximum atomic E-state index is 13.3. The number of aliphatic carboxylic acids is 1. The number of unbranched alkanes of at least 4 members (excludes halogenated alkanes) is 1. The monoisotopic (exact) mass is 409 g/mol. The van der Waals surface area contributed by atoms with Crippen molar-refractivity contribution in [2.45, 2.75) is 39.7 Å². The van der Waals surface area contributed by atoms with Gasteiger partial charge in [-0.25, -0.2) is 0 Å². The van der Waals surface area contributed by atoms with Gasteiger partial charge in [0.15, 0.2) is 0 Å². The van der Waals surface area contributed by atoms with Gasteiger partial charge in [0.2, 0.25) is 0 Å². The van der Waals surface area contributed by atoms with Crippen molar-refractivity contribution in [3.63, 3.8) is 0 Å². The van der Waals surface area contributed by atoms with Crippen molar-refractivity contribution in [2.75, 3.05) is 13.7 Å².